The lowest BCUT2D eigenvalue weighted by molar-refractivity contribution is 0.592. The Labute approximate surface area is 176 Å². The highest BCUT2D eigenvalue weighted by molar-refractivity contribution is 6.29. The van der Waals surface area contributed by atoms with Crippen molar-refractivity contribution in [3.8, 4) is 0 Å². The Hall–Kier alpha value is -1.41. The molecule has 3 atom stereocenters. The molecule has 28 heavy (non-hydrogen) atoms. The molecule has 3 heteroatoms. The van der Waals surface area contributed by atoms with Crippen molar-refractivity contribution in [1.82, 2.24) is 9.97 Å². The van der Waals surface area contributed by atoms with E-state index in [1.165, 1.54) is 40.8 Å². The maximum Gasteiger partial charge on any atom is 0.129 e. The quantitative estimate of drug-likeness (QED) is 0.444. The van der Waals surface area contributed by atoms with Crippen LogP contribution in [0.1, 0.15) is 119 Å². The zero-order chi connectivity index (χ0) is 20.6. The molecule has 2 heterocycles. The van der Waals surface area contributed by atoms with Crippen LogP contribution in [0.3, 0.4) is 0 Å². The Morgan fingerprint density at radius 1 is 0.929 bits per heavy atom. The summed E-state index contributed by atoms with van der Waals surface area (Å²) in [6, 6.07) is 4.30. The SMILES string of the molecule is CC(C)c1cnc(Cl)cc1C(C)CC1CC1c1nccc(C(C)C)c1C(C)C. The van der Waals surface area contributed by atoms with Crippen LogP contribution in [0.2, 0.25) is 5.15 Å². The minimum Gasteiger partial charge on any atom is -0.261 e. The third kappa shape index (κ3) is 4.43. The first kappa shape index (κ1) is 21.3. The fourth-order valence-electron chi connectivity index (χ4n) is 4.72. The van der Waals surface area contributed by atoms with Crippen molar-refractivity contribution >= 4 is 11.6 Å². The number of halogens is 1. The second kappa shape index (κ2) is 8.53. The van der Waals surface area contributed by atoms with Crippen LogP contribution in [0.25, 0.3) is 0 Å². The summed E-state index contributed by atoms with van der Waals surface area (Å²) in [6.45, 7) is 16.0. The van der Waals surface area contributed by atoms with Crippen LogP contribution in [0.5, 0.6) is 0 Å². The van der Waals surface area contributed by atoms with Crippen molar-refractivity contribution in [2.45, 2.75) is 90.9 Å². The highest BCUT2D eigenvalue weighted by Crippen LogP contribution is 2.54. The van der Waals surface area contributed by atoms with Crippen LogP contribution in [0, 0.1) is 5.92 Å². The molecule has 0 radical (unpaired) electrons. The van der Waals surface area contributed by atoms with Gasteiger partial charge >= 0.3 is 0 Å². The molecule has 0 spiro atoms. The molecular weight excluding hydrogens is 364 g/mol. The van der Waals surface area contributed by atoms with Gasteiger partial charge in [0.05, 0.1) is 0 Å². The van der Waals surface area contributed by atoms with Crippen molar-refractivity contribution < 1.29 is 0 Å². The van der Waals surface area contributed by atoms with Gasteiger partial charge in [0.25, 0.3) is 0 Å². The van der Waals surface area contributed by atoms with Gasteiger partial charge in [-0.2, -0.15) is 0 Å². The van der Waals surface area contributed by atoms with Gasteiger partial charge in [0.1, 0.15) is 5.15 Å². The van der Waals surface area contributed by atoms with Gasteiger partial charge in [0, 0.05) is 24.0 Å². The Kier molecular flexibility index (Phi) is 6.49. The van der Waals surface area contributed by atoms with E-state index in [1.54, 1.807) is 0 Å². The molecule has 0 N–H and O–H groups in total. The molecule has 3 unspecified atom stereocenters. The number of nitrogens with zero attached hydrogens (tertiary/aromatic N) is 2. The Morgan fingerprint density at radius 3 is 2.21 bits per heavy atom. The zero-order valence-electron chi connectivity index (χ0n) is 18.5. The van der Waals surface area contributed by atoms with Crippen molar-refractivity contribution in [2.75, 3.05) is 0 Å². The number of aromatic nitrogens is 2. The van der Waals surface area contributed by atoms with Gasteiger partial charge in [-0.3, -0.25) is 4.98 Å². The highest BCUT2D eigenvalue weighted by atomic mass is 35.5. The number of pyridine rings is 2. The minimum absolute atomic E-state index is 0.467. The van der Waals surface area contributed by atoms with Gasteiger partial charge in [-0.1, -0.05) is 60.1 Å². The normalized spacial score (nSPS) is 20.2. The molecule has 1 aliphatic carbocycles. The van der Waals surface area contributed by atoms with E-state index >= 15 is 0 Å². The molecule has 0 aliphatic heterocycles. The lowest BCUT2D eigenvalue weighted by Crippen LogP contribution is -2.07. The third-order valence-corrected chi connectivity index (χ3v) is 6.48. The van der Waals surface area contributed by atoms with E-state index in [1.807, 2.05) is 12.4 Å². The van der Waals surface area contributed by atoms with Crippen molar-refractivity contribution in [2.24, 2.45) is 5.92 Å². The highest BCUT2D eigenvalue weighted by Gasteiger charge is 2.42. The second-order valence-electron chi connectivity index (χ2n) is 9.54. The van der Waals surface area contributed by atoms with Crippen molar-refractivity contribution in [3.05, 3.63) is 57.6 Å². The molecule has 0 amide bonds. The summed E-state index contributed by atoms with van der Waals surface area (Å²) in [7, 11) is 0. The molecule has 0 aromatic carbocycles. The molecule has 1 aliphatic rings. The molecule has 1 saturated carbocycles. The number of hydrogen-bond acceptors (Lipinski definition) is 2. The maximum atomic E-state index is 6.22. The second-order valence-corrected chi connectivity index (χ2v) is 9.93. The fourth-order valence-corrected chi connectivity index (χ4v) is 4.89. The third-order valence-electron chi connectivity index (χ3n) is 6.27. The number of hydrogen-bond donors (Lipinski definition) is 0. The molecule has 2 nitrogen and oxygen atoms in total. The van der Waals surface area contributed by atoms with E-state index in [0.717, 1.165) is 5.92 Å². The smallest absolute Gasteiger partial charge is 0.129 e. The maximum absolute atomic E-state index is 6.22. The lowest BCUT2D eigenvalue weighted by atomic mass is 9.86. The van der Waals surface area contributed by atoms with E-state index in [-0.39, 0.29) is 0 Å². The van der Waals surface area contributed by atoms with E-state index in [2.05, 4.69) is 65.6 Å². The molecular formula is C25H35ClN2. The summed E-state index contributed by atoms with van der Waals surface area (Å²) in [5.41, 5.74) is 7.02. The average molecular weight is 399 g/mol. The Balaban J connectivity index is 1.81. The van der Waals surface area contributed by atoms with Gasteiger partial charge in [0.2, 0.25) is 0 Å². The summed E-state index contributed by atoms with van der Waals surface area (Å²) >= 11 is 6.22. The standard InChI is InChI=1S/C25H35ClN2/c1-14(2)19-8-9-27-25(24(19)16(5)6)21-11-18(21)10-17(7)20-12-23(26)28-13-22(20)15(3)4/h8-9,12-18,21H,10-11H2,1-7H3. The van der Waals surface area contributed by atoms with Crippen LogP contribution in [0.15, 0.2) is 24.5 Å². The number of rotatable bonds is 7. The van der Waals surface area contributed by atoms with Crippen molar-refractivity contribution in [3.63, 3.8) is 0 Å². The van der Waals surface area contributed by atoms with Crippen LogP contribution >= 0.6 is 11.6 Å². The summed E-state index contributed by atoms with van der Waals surface area (Å²) in [5.74, 6) is 3.35. The average Bonchev–Trinajstić information content (AvgIpc) is 3.39. The molecule has 2 aromatic rings. The zero-order valence-corrected chi connectivity index (χ0v) is 19.2. The first-order valence-corrected chi connectivity index (χ1v) is 11.2. The lowest BCUT2D eigenvalue weighted by Gasteiger charge is -2.21. The van der Waals surface area contributed by atoms with Gasteiger partial charge in [0.15, 0.2) is 0 Å². The molecule has 0 saturated heterocycles. The van der Waals surface area contributed by atoms with Crippen LogP contribution in [-0.2, 0) is 0 Å². The van der Waals surface area contributed by atoms with Crippen LogP contribution in [-0.4, -0.2) is 9.97 Å². The summed E-state index contributed by atoms with van der Waals surface area (Å²) in [5, 5.41) is 0.604. The first-order chi connectivity index (χ1) is 13.2. The molecule has 1 fully saturated rings. The van der Waals surface area contributed by atoms with Gasteiger partial charge in [-0.05, 0) is 76.8 Å². The van der Waals surface area contributed by atoms with Gasteiger partial charge in [-0.15, -0.1) is 0 Å². The predicted molar refractivity (Wildman–Crippen MR) is 120 cm³/mol. The monoisotopic (exact) mass is 398 g/mol. The Morgan fingerprint density at radius 2 is 1.61 bits per heavy atom. The van der Waals surface area contributed by atoms with Gasteiger partial charge < -0.3 is 0 Å². The molecule has 152 valence electrons. The van der Waals surface area contributed by atoms with E-state index in [0.29, 0.717) is 34.7 Å². The van der Waals surface area contributed by atoms with Crippen molar-refractivity contribution in [1.29, 1.82) is 0 Å². The predicted octanol–water partition coefficient (Wildman–Crippen LogP) is 7.80. The van der Waals surface area contributed by atoms with E-state index in [9.17, 15) is 0 Å². The summed E-state index contributed by atoms with van der Waals surface area (Å²) < 4.78 is 0. The minimum atomic E-state index is 0.467. The first-order valence-electron chi connectivity index (χ1n) is 10.8. The van der Waals surface area contributed by atoms with Crippen LogP contribution in [0.4, 0.5) is 0 Å². The Bertz CT molecular complexity index is 825. The van der Waals surface area contributed by atoms with Crippen LogP contribution < -0.4 is 0 Å². The van der Waals surface area contributed by atoms with Gasteiger partial charge in [-0.25, -0.2) is 4.98 Å². The summed E-state index contributed by atoms with van der Waals surface area (Å²) in [4.78, 5) is 9.18. The largest absolute Gasteiger partial charge is 0.261 e. The topological polar surface area (TPSA) is 25.8 Å². The fraction of sp³-hybridized carbons (Fsp3) is 0.600. The molecule has 0 bridgehead atoms. The van der Waals surface area contributed by atoms with E-state index in [4.69, 9.17) is 16.6 Å². The molecule has 3 rings (SSSR count). The molecule has 2 aromatic heterocycles. The van der Waals surface area contributed by atoms with E-state index < -0.39 is 0 Å². The summed E-state index contributed by atoms with van der Waals surface area (Å²) in [6.07, 6.45) is 6.44.